The summed E-state index contributed by atoms with van der Waals surface area (Å²) in [6.45, 7) is 0. The predicted octanol–water partition coefficient (Wildman–Crippen LogP) is 0.0838. The maximum atomic E-state index is 10.7. The zero-order valence-electron chi connectivity index (χ0n) is 7.02. The molecule has 2 N–H and O–H groups in total. The first-order chi connectivity index (χ1) is 6.43. The Kier molecular flexibility index (Phi) is 3.20. The Bertz CT molecular complexity index is 374. The van der Waals surface area contributed by atoms with E-state index in [4.69, 9.17) is 10.2 Å². The molecule has 1 aromatic carbocycles. The molecule has 0 aliphatic rings. The molecule has 0 saturated heterocycles. The smallest absolute Gasteiger partial charge is 0.336 e. The van der Waals surface area contributed by atoms with E-state index < -0.39 is 11.9 Å². The first-order valence-electron chi connectivity index (χ1n) is 3.59. The van der Waals surface area contributed by atoms with Crippen molar-refractivity contribution in [2.45, 2.75) is 0 Å². The van der Waals surface area contributed by atoms with Gasteiger partial charge in [0.1, 0.15) is 0 Å². The lowest BCUT2D eigenvalue weighted by Crippen LogP contribution is -2.18. The lowest BCUT2D eigenvalue weighted by molar-refractivity contribution is 0.0683. The van der Waals surface area contributed by atoms with Crippen molar-refractivity contribution in [1.29, 1.82) is 0 Å². The fourth-order valence-corrected chi connectivity index (χ4v) is 1.75. The van der Waals surface area contributed by atoms with Crippen molar-refractivity contribution in [1.82, 2.24) is 0 Å². The number of hydrogen-bond acceptors (Lipinski definition) is 2. The molecule has 2 atom stereocenters. The summed E-state index contributed by atoms with van der Waals surface area (Å²) in [6.07, 6.45) is 0. The molecule has 0 aliphatic heterocycles. The van der Waals surface area contributed by atoms with Gasteiger partial charge in [-0.15, -0.1) is 18.5 Å². The van der Waals surface area contributed by atoms with E-state index in [0.29, 0.717) is 10.6 Å². The summed E-state index contributed by atoms with van der Waals surface area (Å²) in [4.78, 5) is 21.4. The van der Waals surface area contributed by atoms with Gasteiger partial charge in [-0.05, 0) is 22.7 Å². The van der Waals surface area contributed by atoms with E-state index in [-0.39, 0.29) is 11.1 Å². The van der Waals surface area contributed by atoms with Crippen LogP contribution in [0.5, 0.6) is 0 Å². The molecule has 0 saturated carbocycles. The number of carbonyl (C=O) groups is 2. The van der Waals surface area contributed by atoms with Gasteiger partial charge in [0.05, 0.1) is 11.1 Å². The van der Waals surface area contributed by atoms with Gasteiger partial charge in [0.15, 0.2) is 0 Å². The van der Waals surface area contributed by atoms with Crippen molar-refractivity contribution in [2.24, 2.45) is 0 Å². The Morgan fingerprint density at radius 1 is 0.929 bits per heavy atom. The maximum Gasteiger partial charge on any atom is 0.336 e. The van der Waals surface area contributed by atoms with Crippen molar-refractivity contribution < 1.29 is 19.8 Å². The molecule has 6 heteroatoms. The SMILES string of the molecule is O=C(O)c1cc(P)c(C(=O)O)cc1P. The Morgan fingerprint density at radius 2 is 1.21 bits per heavy atom. The number of benzene rings is 1. The van der Waals surface area contributed by atoms with Gasteiger partial charge in [0, 0.05) is 0 Å². The normalized spacial score (nSPS) is 9.86. The molecule has 4 nitrogen and oxygen atoms in total. The molecule has 0 fully saturated rings. The number of aromatic carboxylic acids is 2. The third-order valence-electron chi connectivity index (χ3n) is 1.68. The standard InChI is InChI=1S/C8H8O4P2/c9-7(10)3-1-5(13)4(8(11)12)2-6(3)14/h1-2H,13-14H2,(H,9,10)(H,11,12). The van der Waals surface area contributed by atoms with Gasteiger partial charge in [0.25, 0.3) is 0 Å². The van der Waals surface area contributed by atoms with E-state index in [1.165, 1.54) is 12.1 Å². The van der Waals surface area contributed by atoms with Crippen molar-refractivity contribution in [3.05, 3.63) is 23.3 Å². The van der Waals surface area contributed by atoms with E-state index in [1.807, 2.05) is 0 Å². The van der Waals surface area contributed by atoms with Crippen molar-refractivity contribution in [3.63, 3.8) is 0 Å². The zero-order valence-corrected chi connectivity index (χ0v) is 9.33. The fraction of sp³-hybridized carbons (Fsp3) is 0. The van der Waals surface area contributed by atoms with E-state index in [0.717, 1.165) is 0 Å². The van der Waals surface area contributed by atoms with Gasteiger partial charge < -0.3 is 10.2 Å². The van der Waals surface area contributed by atoms with Crippen LogP contribution in [-0.2, 0) is 0 Å². The van der Waals surface area contributed by atoms with E-state index in [9.17, 15) is 9.59 Å². The number of hydrogen-bond donors (Lipinski definition) is 2. The van der Waals surface area contributed by atoms with Crippen LogP contribution in [0.4, 0.5) is 0 Å². The largest absolute Gasteiger partial charge is 0.478 e. The summed E-state index contributed by atoms with van der Waals surface area (Å²) in [6, 6.07) is 2.64. The third-order valence-corrected chi connectivity index (χ3v) is 2.64. The van der Waals surface area contributed by atoms with Crippen LogP contribution in [0.25, 0.3) is 0 Å². The molecular formula is C8H8O4P2. The number of carboxylic acid groups (broad SMARTS) is 2. The van der Waals surface area contributed by atoms with Gasteiger partial charge in [-0.2, -0.15) is 0 Å². The first kappa shape index (κ1) is 11.1. The second-order valence-electron chi connectivity index (χ2n) is 2.64. The highest BCUT2D eigenvalue weighted by atomic mass is 31.0. The fourth-order valence-electron chi connectivity index (χ4n) is 1.00. The van der Waals surface area contributed by atoms with Gasteiger partial charge >= 0.3 is 11.9 Å². The van der Waals surface area contributed by atoms with Crippen molar-refractivity contribution >= 4 is 41.0 Å². The summed E-state index contributed by atoms with van der Waals surface area (Å²) >= 11 is 0. The van der Waals surface area contributed by atoms with Crippen molar-refractivity contribution in [3.8, 4) is 0 Å². The minimum absolute atomic E-state index is 0.0880. The molecule has 1 rings (SSSR count). The molecule has 0 aromatic heterocycles. The molecular weight excluding hydrogens is 222 g/mol. The molecule has 1 aromatic rings. The van der Waals surface area contributed by atoms with E-state index in [1.54, 1.807) is 0 Å². The van der Waals surface area contributed by atoms with Gasteiger partial charge in [-0.3, -0.25) is 0 Å². The highest BCUT2D eigenvalue weighted by molar-refractivity contribution is 7.29. The molecule has 14 heavy (non-hydrogen) atoms. The summed E-state index contributed by atoms with van der Waals surface area (Å²) in [5.41, 5.74) is 0.176. The Hall–Kier alpha value is -0.980. The van der Waals surface area contributed by atoms with Crippen LogP contribution >= 0.6 is 18.5 Å². The van der Waals surface area contributed by atoms with Gasteiger partial charge in [-0.1, -0.05) is 0 Å². The average molecular weight is 230 g/mol. The average Bonchev–Trinajstić information content (AvgIpc) is 2.07. The van der Waals surface area contributed by atoms with Crippen LogP contribution in [0.1, 0.15) is 20.7 Å². The highest BCUT2D eigenvalue weighted by Gasteiger charge is 2.13. The Morgan fingerprint density at radius 3 is 1.43 bits per heavy atom. The minimum Gasteiger partial charge on any atom is -0.478 e. The zero-order chi connectivity index (χ0) is 10.9. The Labute approximate surface area is 84.7 Å². The van der Waals surface area contributed by atoms with Gasteiger partial charge in [0.2, 0.25) is 0 Å². The molecule has 74 valence electrons. The highest BCUT2D eigenvalue weighted by Crippen LogP contribution is 2.07. The minimum atomic E-state index is -1.07. The Balaban J connectivity index is 3.38. The van der Waals surface area contributed by atoms with Gasteiger partial charge in [-0.25, -0.2) is 9.59 Å². The van der Waals surface area contributed by atoms with Crippen LogP contribution < -0.4 is 10.6 Å². The molecule has 0 radical (unpaired) electrons. The second-order valence-corrected chi connectivity index (χ2v) is 3.88. The summed E-state index contributed by atoms with van der Waals surface area (Å²) in [7, 11) is 4.41. The van der Waals surface area contributed by atoms with Crippen LogP contribution in [0, 0.1) is 0 Å². The van der Waals surface area contributed by atoms with Crippen molar-refractivity contribution in [2.75, 3.05) is 0 Å². The first-order valence-corrected chi connectivity index (χ1v) is 4.74. The summed E-state index contributed by atoms with van der Waals surface area (Å²) in [5, 5.41) is 18.2. The third kappa shape index (κ3) is 2.09. The van der Waals surface area contributed by atoms with E-state index in [2.05, 4.69) is 18.5 Å². The monoisotopic (exact) mass is 230 g/mol. The topological polar surface area (TPSA) is 74.6 Å². The van der Waals surface area contributed by atoms with Crippen LogP contribution in [0.2, 0.25) is 0 Å². The van der Waals surface area contributed by atoms with E-state index >= 15 is 0 Å². The van der Waals surface area contributed by atoms with Crippen LogP contribution in [0.3, 0.4) is 0 Å². The lowest BCUT2D eigenvalue weighted by Gasteiger charge is -2.05. The summed E-state index contributed by atoms with van der Waals surface area (Å²) in [5.74, 6) is -2.15. The second kappa shape index (κ2) is 4.04. The van der Waals surface area contributed by atoms with Crippen LogP contribution in [0.15, 0.2) is 12.1 Å². The molecule has 0 bridgehead atoms. The lowest BCUT2D eigenvalue weighted by atomic mass is 10.1. The number of carboxylic acids is 2. The summed E-state index contributed by atoms with van der Waals surface area (Å²) < 4.78 is 0. The number of rotatable bonds is 2. The molecule has 0 heterocycles. The quantitative estimate of drug-likeness (QED) is 0.706. The maximum absolute atomic E-state index is 10.7. The molecule has 0 aliphatic carbocycles. The predicted molar refractivity (Wildman–Crippen MR) is 59.0 cm³/mol. The van der Waals surface area contributed by atoms with Crippen LogP contribution in [-0.4, -0.2) is 22.2 Å². The molecule has 0 spiro atoms. The molecule has 0 amide bonds. The molecule has 2 unspecified atom stereocenters.